The van der Waals surface area contributed by atoms with Gasteiger partial charge < -0.3 is 15.7 Å². The fraction of sp³-hybridized carbons (Fsp3) is 0.188. The number of aliphatic imine (C=N–C) groups is 1. The number of rotatable bonds is 2. The van der Waals surface area contributed by atoms with E-state index in [9.17, 15) is 5.11 Å². The quantitative estimate of drug-likeness (QED) is 0.878. The fourth-order valence-electron chi connectivity index (χ4n) is 2.72. The molecule has 1 aliphatic rings. The average molecular weight is 346 g/mol. The highest BCUT2D eigenvalue weighted by Gasteiger charge is 2.40. The first kappa shape index (κ1) is 13.9. The highest BCUT2D eigenvalue weighted by Crippen LogP contribution is 2.38. The molecule has 3 N–H and O–H groups in total. The smallest absolute Gasteiger partial charge is 0.196 e. The number of nitrogens with zero attached hydrogens (tertiary/aromatic N) is 2. The van der Waals surface area contributed by atoms with E-state index in [1.165, 1.54) is 0 Å². The summed E-state index contributed by atoms with van der Waals surface area (Å²) in [6.07, 6.45) is 0. The van der Waals surface area contributed by atoms with E-state index in [1.807, 2.05) is 41.3 Å². The van der Waals surface area contributed by atoms with Gasteiger partial charge in [-0.1, -0.05) is 34.1 Å². The Kier molecular flexibility index (Phi) is 3.37. The molecule has 0 spiro atoms. The first-order chi connectivity index (χ1) is 10.0. The Morgan fingerprint density at radius 1 is 1.24 bits per heavy atom. The minimum absolute atomic E-state index is 0.244. The van der Waals surface area contributed by atoms with Crippen molar-refractivity contribution in [2.45, 2.75) is 12.5 Å². The molecule has 0 amide bonds. The fourth-order valence-corrected chi connectivity index (χ4v) is 3.11. The van der Waals surface area contributed by atoms with E-state index in [1.54, 1.807) is 12.1 Å². The summed E-state index contributed by atoms with van der Waals surface area (Å²) in [6.45, 7) is 2.63. The van der Waals surface area contributed by atoms with E-state index in [0.717, 1.165) is 15.7 Å². The van der Waals surface area contributed by atoms with Crippen molar-refractivity contribution in [1.29, 1.82) is 0 Å². The molecule has 2 aromatic carbocycles. The molecule has 0 bridgehead atoms. The summed E-state index contributed by atoms with van der Waals surface area (Å²) in [4.78, 5) is 6.41. The van der Waals surface area contributed by atoms with Crippen molar-refractivity contribution in [3.05, 3.63) is 58.6 Å². The van der Waals surface area contributed by atoms with Crippen LogP contribution in [0.4, 0.5) is 5.69 Å². The van der Waals surface area contributed by atoms with Gasteiger partial charge in [-0.25, -0.2) is 0 Å². The summed E-state index contributed by atoms with van der Waals surface area (Å²) >= 11 is 3.49. The average Bonchev–Trinajstić information content (AvgIpc) is 2.76. The van der Waals surface area contributed by atoms with E-state index in [0.29, 0.717) is 12.5 Å². The zero-order valence-corrected chi connectivity index (χ0v) is 13.2. The standard InChI is InChI=1S/C16H16BrN3O/c1-16(11-4-2-7-14(21)8-11)10-19-15(18)20(16)13-6-3-5-12(17)9-13/h2-9,21H,10H2,1H3,(H2,18,19). The molecule has 1 unspecified atom stereocenters. The van der Waals surface area contributed by atoms with Gasteiger partial charge in [-0.15, -0.1) is 0 Å². The highest BCUT2D eigenvalue weighted by atomic mass is 79.9. The summed E-state index contributed by atoms with van der Waals surface area (Å²) in [5, 5.41) is 9.76. The van der Waals surface area contributed by atoms with Crippen molar-refractivity contribution in [2.24, 2.45) is 10.7 Å². The van der Waals surface area contributed by atoms with Crippen LogP contribution >= 0.6 is 15.9 Å². The van der Waals surface area contributed by atoms with E-state index in [2.05, 4.69) is 27.8 Å². The number of halogens is 1. The SMILES string of the molecule is CC1(c2cccc(O)c2)CN=C(N)N1c1cccc(Br)c1. The van der Waals surface area contributed by atoms with Crippen molar-refractivity contribution in [3.8, 4) is 5.75 Å². The van der Waals surface area contributed by atoms with Crippen LogP contribution in [-0.4, -0.2) is 17.6 Å². The zero-order chi connectivity index (χ0) is 15.0. The first-order valence-corrected chi connectivity index (χ1v) is 7.45. The number of phenols is 1. The molecular weight excluding hydrogens is 330 g/mol. The number of nitrogens with two attached hydrogens (primary N) is 1. The Hall–Kier alpha value is -2.01. The molecule has 1 aliphatic heterocycles. The number of hydrogen-bond acceptors (Lipinski definition) is 4. The minimum Gasteiger partial charge on any atom is -0.508 e. The summed E-state index contributed by atoms with van der Waals surface area (Å²) in [5.41, 5.74) is 7.64. The van der Waals surface area contributed by atoms with E-state index < -0.39 is 5.54 Å². The topological polar surface area (TPSA) is 61.9 Å². The summed E-state index contributed by atoms with van der Waals surface area (Å²) in [7, 11) is 0. The van der Waals surface area contributed by atoms with Crippen LogP contribution in [0.15, 0.2) is 58.0 Å². The van der Waals surface area contributed by atoms with Gasteiger partial charge in [0.15, 0.2) is 5.96 Å². The van der Waals surface area contributed by atoms with Gasteiger partial charge >= 0.3 is 0 Å². The van der Waals surface area contributed by atoms with Crippen LogP contribution in [-0.2, 0) is 5.54 Å². The molecule has 1 atom stereocenters. The largest absolute Gasteiger partial charge is 0.508 e. The molecule has 0 aromatic heterocycles. The second-order valence-electron chi connectivity index (χ2n) is 5.31. The Bertz CT molecular complexity index is 716. The van der Waals surface area contributed by atoms with Crippen LogP contribution in [0.1, 0.15) is 12.5 Å². The zero-order valence-electron chi connectivity index (χ0n) is 11.6. The molecule has 0 saturated heterocycles. The molecule has 1 heterocycles. The molecule has 21 heavy (non-hydrogen) atoms. The van der Waals surface area contributed by atoms with E-state index >= 15 is 0 Å². The van der Waals surface area contributed by atoms with Crippen molar-refractivity contribution in [3.63, 3.8) is 0 Å². The predicted molar refractivity (Wildman–Crippen MR) is 88.6 cm³/mol. The molecule has 0 saturated carbocycles. The number of phenolic OH excluding ortho intramolecular Hbond substituents is 1. The van der Waals surface area contributed by atoms with Crippen LogP contribution < -0.4 is 10.6 Å². The molecule has 2 aromatic rings. The second kappa shape index (κ2) is 5.07. The van der Waals surface area contributed by atoms with Crippen molar-refractivity contribution < 1.29 is 5.11 Å². The third-order valence-electron chi connectivity index (χ3n) is 3.81. The number of anilines is 1. The van der Waals surface area contributed by atoms with Crippen molar-refractivity contribution in [2.75, 3.05) is 11.4 Å². The van der Waals surface area contributed by atoms with E-state index in [-0.39, 0.29) is 5.75 Å². The molecule has 3 rings (SSSR count). The van der Waals surface area contributed by atoms with Crippen LogP contribution in [0.25, 0.3) is 0 Å². The Labute approximate surface area is 132 Å². The van der Waals surface area contributed by atoms with Gasteiger partial charge in [0.1, 0.15) is 5.75 Å². The van der Waals surface area contributed by atoms with Gasteiger partial charge in [-0.05, 0) is 42.8 Å². The summed E-state index contributed by atoms with van der Waals surface area (Å²) in [6, 6.07) is 15.2. The third kappa shape index (κ3) is 2.38. The van der Waals surface area contributed by atoms with Crippen LogP contribution in [0.5, 0.6) is 5.75 Å². The van der Waals surface area contributed by atoms with Gasteiger partial charge in [0.05, 0.1) is 12.1 Å². The Morgan fingerprint density at radius 3 is 2.71 bits per heavy atom. The normalized spacial score (nSPS) is 21.4. The van der Waals surface area contributed by atoms with Crippen molar-refractivity contribution >= 4 is 27.6 Å². The van der Waals surface area contributed by atoms with Gasteiger partial charge in [-0.2, -0.15) is 0 Å². The molecule has 5 heteroatoms. The van der Waals surface area contributed by atoms with Crippen LogP contribution in [0.3, 0.4) is 0 Å². The second-order valence-corrected chi connectivity index (χ2v) is 6.23. The lowest BCUT2D eigenvalue weighted by molar-refractivity contribution is 0.468. The predicted octanol–water partition coefficient (Wildman–Crippen LogP) is 3.20. The highest BCUT2D eigenvalue weighted by molar-refractivity contribution is 9.10. The van der Waals surface area contributed by atoms with Gasteiger partial charge in [0, 0.05) is 10.2 Å². The number of benzene rings is 2. The lowest BCUT2D eigenvalue weighted by atomic mass is 9.90. The summed E-state index contributed by atoms with van der Waals surface area (Å²) in [5.74, 6) is 0.729. The lowest BCUT2D eigenvalue weighted by Crippen LogP contribution is -2.47. The maximum Gasteiger partial charge on any atom is 0.196 e. The maximum atomic E-state index is 9.76. The van der Waals surface area contributed by atoms with Gasteiger partial charge in [0.2, 0.25) is 0 Å². The monoisotopic (exact) mass is 345 g/mol. The minimum atomic E-state index is -0.413. The Balaban J connectivity index is 2.10. The van der Waals surface area contributed by atoms with Gasteiger partial charge in [0.25, 0.3) is 0 Å². The van der Waals surface area contributed by atoms with Gasteiger partial charge in [-0.3, -0.25) is 4.99 Å². The molecule has 0 radical (unpaired) electrons. The van der Waals surface area contributed by atoms with Crippen molar-refractivity contribution in [1.82, 2.24) is 0 Å². The molecule has 4 nitrogen and oxygen atoms in total. The molecule has 108 valence electrons. The lowest BCUT2D eigenvalue weighted by Gasteiger charge is -2.36. The maximum absolute atomic E-state index is 9.76. The number of hydrogen-bond donors (Lipinski definition) is 2. The van der Waals surface area contributed by atoms with E-state index in [4.69, 9.17) is 5.73 Å². The summed E-state index contributed by atoms with van der Waals surface area (Å²) < 4.78 is 0.984. The third-order valence-corrected chi connectivity index (χ3v) is 4.30. The molecular formula is C16H16BrN3O. The Morgan fingerprint density at radius 2 is 2.00 bits per heavy atom. The number of guanidine groups is 1. The van der Waals surface area contributed by atoms with Crippen LogP contribution in [0.2, 0.25) is 0 Å². The molecule has 0 fully saturated rings. The molecule has 0 aliphatic carbocycles. The number of aromatic hydroxyl groups is 1. The first-order valence-electron chi connectivity index (χ1n) is 6.66. The van der Waals surface area contributed by atoms with Crippen LogP contribution in [0, 0.1) is 0 Å².